The van der Waals surface area contributed by atoms with E-state index in [1.54, 1.807) is 0 Å². The standard InChI is InChI=1S/C12H18ClN3O3S/c1-7(9-5-3-4-6-9)14-12(17)10-11(20(13,18)19)8(2)15-16-10/h7,9H,3-6H2,1-2H3,(H,14,17)(H,15,16). The Morgan fingerprint density at radius 1 is 1.45 bits per heavy atom. The van der Waals surface area contributed by atoms with Crippen molar-refractivity contribution in [3.63, 3.8) is 0 Å². The van der Waals surface area contributed by atoms with Gasteiger partial charge in [0.15, 0.2) is 5.69 Å². The number of amides is 1. The number of hydrogen-bond donors (Lipinski definition) is 2. The first-order chi connectivity index (χ1) is 9.30. The number of nitrogens with one attached hydrogen (secondary N) is 2. The third-order valence-electron chi connectivity index (χ3n) is 3.82. The van der Waals surface area contributed by atoms with Crippen molar-refractivity contribution in [3.05, 3.63) is 11.4 Å². The summed E-state index contributed by atoms with van der Waals surface area (Å²) in [5.74, 6) is -0.0666. The molecule has 0 radical (unpaired) electrons. The minimum atomic E-state index is -4.00. The van der Waals surface area contributed by atoms with Crippen LogP contribution in [0.2, 0.25) is 0 Å². The van der Waals surface area contributed by atoms with Gasteiger partial charge in [-0.1, -0.05) is 12.8 Å². The second kappa shape index (κ2) is 5.73. The minimum absolute atomic E-state index is 0.00659. The third-order valence-corrected chi connectivity index (χ3v) is 5.27. The van der Waals surface area contributed by atoms with E-state index < -0.39 is 15.0 Å². The molecule has 0 aromatic carbocycles. The number of aryl methyl sites for hydroxylation is 1. The number of H-pyrrole nitrogens is 1. The second-order valence-corrected chi connectivity index (χ2v) is 7.77. The van der Waals surface area contributed by atoms with Crippen LogP contribution in [-0.2, 0) is 9.05 Å². The molecule has 1 saturated carbocycles. The monoisotopic (exact) mass is 319 g/mol. The van der Waals surface area contributed by atoms with Crippen molar-refractivity contribution in [2.24, 2.45) is 5.92 Å². The van der Waals surface area contributed by atoms with E-state index in [2.05, 4.69) is 15.5 Å². The summed E-state index contributed by atoms with van der Waals surface area (Å²) in [6.45, 7) is 3.45. The van der Waals surface area contributed by atoms with Crippen LogP contribution in [0.3, 0.4) is 0 Å². The van der Waals surface area contributed by atoms with Crippen LogP contribution in [0.25, 0.3) is 0 Å². The Labute approximate surface area is 122 Å². The molecule has 2 N–H and O–H groups in total. The van der Waals surface area contributed by atoms with Crippen LogP contribution < -0.4 is 5.32 Å². The van der Waals surface area contributed by atoms with Crippen LogP contribution in [-0.4, -0.2) is 30.6 Å². The minimum Gasteiger partial charge on any atom is -0.348 e. The Hall–Kier alpha value is -1.08. The maximum Gasteiger partial charge on any atom is 0.273 e. The van der Waals surface area contributed by atoms with Crippen LogP contribution in [0.4, 0.5) is 0 Å². The van der Waals surface area contributed by atoms with Gasteiger partial charge in [0, 0.05) is 16.7 Å². The Balaban J connectivity index is 2.18. The van der Waals surface area contributed by atoms with Crippen LogP contribution in [0.5, 0.6) is 0 Å². The summed E-state index contributed by atoms with van der Waals surface area (Å²) >= 11 is 0. The first-order valence-electron chi connectivity index (χ1n) is 6.61. The van der Waals surface area contributed by atoms with Gasteiger partial charge in [-0.3, -0.25) is 9.89 Å². The van der Waals surface area contributed by atoms with Crippen LogP contribution >= 0.6 is 10.7 Å². The Morgan fingerprint density at radius 3 is 2.60 bits per heavy atom. The van der Waals surface area contributed by atoms with Gasteiger partial charge in [-0.05, 0) is 32.6 Å². The van der Waals surface area contributed by atoms with Crippen LogP contribution in [0.15, 0.2) is 4.90 Å². The molecular formula is C12H18ClN3O3S. The molecule has 1 aromatic heterocycles. The van der Waals surface area contributed by atoms with E-state index in [1.807, 2.05) is 6.92 Å². The highest BCUT2D eigenvalue weighted by atomic mass is 35.7. The molecule has 1 aliphatic carbocycles. The van der Waals surface area contributed by atoms with Crippen molar-refractivity contribution in [2.75, 3.05) is 0 Å². The quantitative estimate of drug-likeness (QED) is 0.830. The number of aromatic amines is 1. The SMILES string of the molecule is Cc1[nH]nc(C(=O)NC(C)C2CCCC2)c1S(=O)(=O)Cl. The Morgan fingerprint density at radius 2 is 2.05 bits per heavy atom. The topological polar surface area (TPSA) is 91.9 Å². The number of carbonyl (C=O) groups is 1. The van der Waals surface area contributed by atoms with E-state index in [4.69, 9.17) is 10.7 Å². The number of nitrogens with zero attached hydrogens (tertiary/aromatic N) is 1. The van der Waals surface area contributed by atoms with Gasteiger partial charge in [0.2, 0.25) is 0 Å². The highest BCUT2D eigenvalue weighted by Gasteiger charge is 2.29. The highest BCUT2D eigenvalue weighted by molar-refractivity contribution is 8.13. The van der Waals surface area contributed by atoms with Gasteiger partial charge in [-0.15, -0.1) is 0 Å². The number of halogens is 1. The fourth-order valence-corrected chi connectivity index (χ4v) is 4.07. The van der Waals surface area contributed by atoms with Crippen molar-refractivity contribution < 1.29 is 13.2 Å². The van der Waals surface area contributed by atoms with Crippen molar-refractivity contribution in [2.45, 2.75) is 50.5 Å². The average Bonchev–Trinajstić information content (AvgIpc) is 2.95. The fourth-order valence-electron chi connectivity index (χ4n) is 2.72. The van der Waals surface area contributed by atoms with E-state index in [9.17, 15) is 13.2 Å². The molecule has 20 heavy (non-hydrogen) atoms. The molecule has 0 aliphatic heterocycles. The summed E-state index contributed by atoms with van der Waals surface area (Å²) in [4.78, 5) is 11.9. The molecule has 1 heterocycles. The number of hydrogen-bond acceptors (Lipinski definition) is 4. The highest BCUT2D eigenvalue weighted by Crippen LogP contribution is 2.28. The Kier molecular flexibility index (Phi) is 4.39. The van der Waals surface area contributed by atoms with Gasteiger partial charge in [0.25, 0.3) is 15.0 Å². The van der Waals surface area contributed by atoms with Crippen LogP contribution in [0, 0.1) is 12.8 Å². The first-order valence-corrected chi connectivity index (χ1v) is 8.92. The van der Waals surface area contributed by atoms with Gasteiger partial charge < -0.3 is 5.32 Å². The summed E-state index contributed by atoms with van der Waals surface area (Å²) in [7, 11) is 1.35. The number of aromatic nitrogens is 2. The molecule has 1 aliphatic rings. The van der Waals surface area contributed by atoms with Crippen molar-refractivity contribution in [1.82, 2.24) is 15.5 Å². The molecule has 8 heteroatoms. The lowest BCUT2D eigenvalue weighted by Crippen LogP contribution is -2.37. The molecule has 6 nitrogen and oxygen atoms in total. The number of rotatable bonds is 4. The normalized spacial score (nSPS) is 18.1. The van der Waals surface area contributed by atoms with Gasteiger partial charge in [-0.2, -0.15) is 5.10 Å². The molecule has 2 rings (SSSR count). The maximum absolute atomic E-state index is 12.2. The lowest BCUT2D eigenvalue weighted by atomic mass is 10.00. The molecule has 112 valence electrons. The molecule has 1 fully saturated rings. The van der Waals surface area contributed by atoms with Gasteiger partial charge in [0.1, 0.15) is 4.90 Å². The molecule has 0 spiro atoms. The molecule has 1 unspecified atom stereocenters. The first kappa shape index (κ1) is 15.3. The smallest absolute Gasteiger partial charge is 0.273 e. The fraction of sp³-hybridized carbons (Fsp3) is 0.667. The zero-order chi connectivity index (χ0) is 14.9. The number of carbonyl (C=O) groups excluding carboxylic acids is 1. The van der Waals surface area contributed by atoms with Crippen molar-refractivity contribution in [3.8, 4) is 0 Å². The predicted molar refractivity (Wildman–Crippen MR) is 75.2 cm³/mol. The molecule has 1 amide bonds. The summed E-state index contributed by atoms with van der Waals surface area (Å²) in [5.41, 5.74) is 0.0982. The van der Waals surface area contributed by atoms with Crippen molar-refractivity contribution >= 4 is 25.6 Å². The summed E-state index contributed by atoms with van der Waals surface area (Å²) in [6.07, 6.45) is 4.52. The molecule has 1 atom stereocenters. The lowest BCUT2D eigenvalue weighted by molar-refractivity contribution is 0.0918. The maximum atomic E-state index is 12.2. The van der Waals surface area contributed by atoms with Gasteiger partial charge in [-0.25, -0.2) is 8.42 Å². The largest absolute Gasteiger partial charge is 0.348 e. The van der Waals surface area contributed by atoms with Gasteiger partial charge in [0.05, 0.1) is 5.69 Å². The Bertz CT molecular complexity index is 605. The van der Waals surface area contributed by atoms with E-state index in [0.717, 1.165) is 12.8 Å². The molecule has 0 saturated heterocycles. The average molecular weight is 320 g/mol. The van der Waals surface area contributed by atoms with E-state index in [0.29, 0.717) is 5.92 Å². The van der Waals surface area contributed by atoms with E-state index in [1.165, 1.54) is 19.8 Å². The summed E-state index contributed by atoms with van der Waals surface area (Å²) in [6, 6.07) is -0.00659. The summed E-state index contributed by atoms with van der Waals surface area (Å²) in [5, 5.41) is 9.07. The molecule has 1 aromatic rings. The zero-order valence-corrected chi connectivity index (χ0v) is 13.0. The van der Waals surface area contributed by atoms with E-state index in [-0.39, 0.29) is 22.3 Å². The van der Waals surface area contributed by atoms with E-state index >= 15 is 0 Å². The third kappa shape index (κ3) is 3.15. The molecule has 0 bridgehead atoms. The van der Waals surface area contributed by atoms with Crippen molar-refractivity contribution in [1.29, 1.82) is 0 Å². The van der Waals surface area contributed by atoms with Gasteiger partial charge >= 0.3 is 0 Å². The summed E-state index contributed by atoms with van der Waals surface area (Å²) < 4.78 is 23.0. The lowest BCUT2D eigenvalue weighted by Gasteiger charge is -2.19. The predicted octanol–water partition coefficient (Wildman–Crippen LogP) is 1.95. The zero-order valence-electron chi connectivity index (χ0n) is 11.4. The second-order valence-electron chi connectivity index (χ2n) is 5.27. The molecular weight excluding hydrogens is 302 g/mol. The van der Waals surface area contributed by atoms with Crippen LogP contribution in [0.1, 0.15) is 48.8 Å².